The van der Waals surface area contributed by atoms with Gasteiger partial charge in [0, 0.05) is 35.4 Å². The third kappa shape index (κ3) is 5.27. The van der Waals surface area contributed by atoms with Crippen LogP contribution in [0.25, 0.3) is 10.2 Å². The maximum absolute atomic E-state index is 13.0. The van der Waals surface area contributed by atoms with Gasteiger partial charge in [-0.15, -0.1) is 0 Å². The SMILES string of the molecule is CCn1c(=O)sc2cc(NC(=O)[C@H]3CCCN(S(=O)(=O)Cc4ccc(Cl)cc4Cl)C3)ccc21. The van der Waals surface area contributed by atoms with E-state index < -0.39 is 15.9 Å². The normalized spacial score (nSPS) is 17.4. The second kappa shape index (κ2) is 9.76. The Hall–Kier alpha value is -1.91. The van der Waals surface area contributed by atoms with Crippen molar-refractivity contribution < 1.29 is 13.2 Å². The van der Waals surface area contributed by atoms with Crippen molar-refractivity contribution in [1.29, 1.82) is 0 Å². The first-order valence-electron chi connectivity index (χ1n) is 10.5. The van der Waals surface area contributed by atoms with E-state index in [9.17, 15) is 18.0 Å². The largest absolute Gasteiger partial charge is 0.326 e. The zero-order valence-corrected chi connectivity index (χ0v) is 21.0. The average Bonchev–Trinajstić information content (AvgIpc) is 3.09. The zero-order chi connectivity index (χ0) is 23.8. The number of carbonyl (C=O) groups is 1. The predicted octanol–water partition coefficient (Wildman–Crippen LogP) is 4.57. The molecule has 1 aromatic heterocycles. The molecule has 2 heterocycles. The molecule has 0 bridgehead atoms. The molecule has 2 aromatic carbocycles. The van der Waals surface area contributed by atoms with E-state index in [-0.39, 0.29) is 23.1 Å². The topological polar surface area (TPSA) is 88.5 Å². The van der Waals surface area contributed by atoms with E-state index in [0.717, 1.165) is 21.6 Å². The Bertz CT molecular complexity index is 1370. The third-order valence-corrected chi connectivity index (χ3v) is 9.08. The number of rotatable bonds is 6. The van der Waals surface area contributed by atoms with Crippen LogP contribution >= 0.6 is 34.5 Å². The van der Waals surface area contributed by atoms with E-state index in [2.05, 4.69) is 5.32 Å². The minimum Gasteiger partial charge on any atom is -0.326 e. The molecule has 1 saturated heterocycles. The zero-order valence-electron chi connectivity index (χ0n) is 17.9. The average molecular weight is 528 g/mol. The number of carbonyl (C=O) groups excluding carboxylic acids is 1. The van der Waals surface area contributed by atoms with Crippen molar-refractivity contribution in [1.82, 2.24) is 8.87 Å². The molecule has 1 fully saturated rings. The summed E-state index contributed by atoms with van der Waals surface area (Å²) in [5, 5.41) is 3.62. The van der Waals surface area contributed by atoms with Gasteiger partial charge in [0.2, 0.25) is 15.9 Å². The van der Waals surface area contributed by atoms with Crippen LogP contribution in [0.5, 0.6) is 0 Å². The lowest BCUT2D eigenvalue weighted by atomic mass is 9.98. The van der Waals surface area contributed by atoms with Crippen LogP contribution in [-0.2, 0) is 27.1 Å². The maximum Gasteiger partial charge on any atom is 0.308 e. The minimum absolute atomic E-state index is 0.0371. The number of fused-ring (bicyclic) bond motifs is 1. The first-order valence-corrected chi connectivity index (χ1v) is 13.7. The molecule has 1 N–H and O–H groups in total. The summed E-state index contributed by atoms with van der Waals surface area (Å²) in [4.78, 5) is 25.0. The Kier molecular flexibility index (Phi) is 7.16. The fraction of sp³-hybridized carbons (Fsp3) is 0.364. The fourth-order valence-corrected chi connectivity index (χ4v) is 7.21. The van der Waals surface area contributed by atoms with Crippen LogP contribution in [0, 0.1) is 5.92 Å². The highest BCUT2D eigenvalue weighted by Crippen LogP contribution is 2.27. The van der Waals surface area contributed by atoms with Crippen LogP contribution in [0.3, 0.4) is 0 Å². The lowest BCUT2D eigenvalue weighted by Crippen LogP contribution is -2.44. The van der Waals surface area contributed by atoms with E-state index in [1.165, 1.54) is 10.4 Å². The number of sulfonamides is 1. The van der Waals surface area contributed by atoms with E-state index in [0.29, 0.717) is 47.2 Å². The molecule has 0 unspecified atom stereocenters. The van der Waals surface area contributed by atoms with Crippen molar-refractivity contribution in [2.24, 2.45) is 5.92 Å². The summed E-state index contributed by atoms with van der Waals surface area (Å²) < 4.78 is 29.8. The molecular weight excluding hydrogens is 505 g/mol. The van der Waals surface area contributed by atoms with Gasteiger partial charge in [-0.05, 0) is 55.7 Å². The molecule has 33 heavy (non-hydrogen) atoms. The highest BCUT2D eigenvalue weighted by molar-refractivity contribution is 7.88. The third-order valence-electron chi connectivity index (χ3n) is 5.75. The Morgan fingerprint density at radius 2 is 2.00 bits per heavy atom. The second-order valence-electron chi connectivity index (χ2n) is 7.97. The van der Waals surface area contributed by atoms with Crippen LogP contribution in [0.4, 0.5) is 5.69 Å². The van der Waals surface area contributed by atoms with Crippen molar-refractivity contribution >= 4 is 66.4 Å². The summed E-state index contributed by atoms with van der Waals surface area (Å²) in [6.07, 6.45) is 1.19. The van der Waals surface area contributed by atoms with Gasteiger partial charge in [-0.1, -0.05) is 40.6 Å². The van der Waals surface area contributed by atoms with Crippen LogP contribution in [0.1, 0.15) is 25.3 Å². The highest BCUT2D eigenvalue weighted by atomic mass is 35.5. The number of amides is 1. The number of piperidine rings is 1. The Morgan fingerprint density at radius 3 is 2.73 bits per heavy atom. The second-order valence-corrected chi connectivity index (χ2v) is 11.8. The standard InChI is InChI=1S/C22H23Cl2N3O4S2/c1-2-27-19-8-7-17(11-20(19)32-22(27)29)25-21(28)14-4-3-9-26(12-14)33(30,31)13-15-5-6-16(23)10-18(15)24/h5-8,10-11,14H,2-4,9,12-13H2,1H3,(H,25,28)/t14-/m0/s1. The molecule has 1 aliphatic rings. The molecule has 1 amide bonds. The summed E-state index contributed by atoms with van der Waals surface area (Å²) in [6.45, 7) is 2.97. The van der Waals surface area contributed by atoms with E-state index in [1.54, 1.807) is 28.8 Å². The number of aromatic nitrogens is 1. The first kappa shape index (κ1) is 24.2. The Labute approximate surface area is 206 Å². The number of nitrogens with one attached hydrogen (secondary N) is 1. The van der Waals surface area contributed by atoms with E-state index in [4.69, 9.17) is 23.2 Å². The van der Waals surface area contributed by atoms with Gasteiger partial charge >= 0.3 is 4.87 Å². The molecule has 1 atom stereocenters. The molecule has 0 spiro atoms. The van der Waals surface area contributed by atoms with Gasteiger partial charge < -0.3 is 5.32 Å². The predicted molar refractivity (Wildman–Crippen MR) is 134 cm³/mol. The van der Waals surface area contributed by atoms with Crippen LogP contribution in [0.2, 0.25) is 10.0 Å². The fourth-order valence-electron chi connectivity index (χ4n) is 4.02. The number of hydrogen-bond acceptors (Lipinski definition) is 5. The number of benzene rings is 2. The molecule has 0 radical (unpaired) electrons. The van der Waals surface area contributed by atoms with Crippen molar-refractivity contribution in [3.63, 3.8) is 0 Å². The molecule has 0 saturated carbocycles. The van der Waals surface area contributed by atoms with Crippen molar-refractivity contribution in [2.75, 3.05) is 18.4 Å². The Balaban J connectivity index is 1.46. The quantitative estimate of drug-likeness (QED) is 0.508. The first-order chi connectivity index (χ1) is 15.7. The number of aryl methyl sites for hydroxylation is 1. The summed E-state index contributed by atoms with van der Waals surface area (Å²) in [5.41, 5.74) is 1.89. The number of nitrogens with zero attached hydrogens (tertiary/aromatic N) is 2. The summed E-state index contributed by atoms with van der Waals surface area (Å²) in [6, 6.07) is 10.1. The molecule has 7 nitrogen and oxygen atoms in total. The smallest absolute Gasteiger partial charge is 0.308 e. The number of hydrogen-bond donors (Lipinski definition) is 1. The molecule has 11 heteroatoms. The summed E-state index contributed by atoms with van der Waals surface area (Å²) >= 11 is 13.2. The van der Waals surface area contributed by atoms with Crippen LogP contribution in [0.15, 0.2) is 41.2 Å². The molecule has 0 aliphatic carbocycles. The van der Waals surface area contributed by atoms with Gasteiger partial charge in [0.1, 0.15) is 0 Å². The highest BCUT2D eigenvalue weighted by Gasteiger charge is 2.33. The van der Waals surface area contributed by atoms with Crippen molar-refractivity contribution in [2.45, 2.75) is 32.1 Å². The molecule has 176 valence electrons. The van der Waals surface area contributed by atoms with Gasteiger partial charge in [0.25, 0.3) is 0 Å². The van der Waals surface area contributed by atoms with Crippen molar-refractivity contribution in [3.8, 4) is 0 Å². The molecular formula is C22H23Cl2N3O4S2. The van der Waals surface area contributed by atoms with Crippen LogP contribution < -0.4 is 10.2 Å². The van der Waals surface area contributed by atoms with Gasteiger partial charge in [0.05, 0.1) is 21.9 Å². The molecule has 3 aromatic rings. The van der Waals surface area contributed by atoms with Gasteiger partial charge in [-0.25, -0.2) is 12.7 Å². The number of halogens is 2. The van der Waals surface area contributed by atoms with Crippen LogP contribution in [-0.4, -0.2) is 36.3 Å². The van der Waals surface area contributed by atoms with Gasteiger partial charge in [-0.2, -0.15) is 0 Å². The van der Waals surface area contributed by atoms with Gasteiger partial charge in [0.15, 0.2) is 0 Å². The van der Waals surface area contributed by atoms with Gasteiger partial charge in [-0.3, -0.25) is 14.2 Å². The summed E-state index contributed by atoms with van der Waals surface area (Å²) in [5.74, 6) is -0.952. The van der Waals surface area contributed by atoms with E-state index >= 15 is 0 Å². The molecule has 1 aliphatic heterocycles. The Morgan fingerprint density at radius 1 is 1.21 bits per heavy atom. The lowest BCUT2D eigenvalue weighted by molar-refractivity contribution is -0.120. The van der Waals surface area contributed by atoms with E-state index in [1.807, 2.05) is 13.0 Å². The lowest BCUT2D eigenvalue weighted by Gasteiger charge is -2.31. The molecule has 4 rings (SSSR count). The number of anilines is 1. The summed E-state index contributed by atoms with van der Waals surface area (Å²) in [7, 11) is -3.65. The number of thiazole rings is 1. The van der Waals surface area contributed by atoms with Crippen molar-refractivity contribution in [3.05, 3.63) is 61.7 Å². The monoisotopic (exact) mass is 527 g/mol. The minimum atomic E-state index is -3.65. The maximum atomic E-state index is 13.0.